The van der Waals surface area contributed by atoms with Crippen molar-refractivity contribution in [1.82, 2.24) is 5.32 Å². The zero-order valence-corrected chi connectivity index (χ0v) is 11.6. The highest BCUT2D eigenvalue weighted by atomic mass is 16.7. The summed E-state index contributed by atoms with van der Waals surface area (Å²) in [4.78, 5) is 25.1. The second-order valence-electron chi connectivity index (χ2n) is 4.37. The molecule has 1 amide bonds. The third-order valence-electron chi connectivity index (χ3n) is 2.81. The molecule has 1 fully saturated rings. The lowest BCUT2D eigenvalue weighted by Crippen LogP contribution is -2.58. The first-order valence-electron chi connectivity index (χ1n) is 6.11. The molecule has 1 aliphatic rings. The van der Waals surface area contributed by atoms with Crippen LogP contribution in [0.5, 0.6) is 0 Å². The van der Waals surface area contributed by atoms with Gasteiger partial charge in [0.15, 0.2) is 6.29 Å². The molecular weight excluding hydrogens is 268 g/mol. The predicted molar refractivity (Wildman–Crippen MR) is 67.5 cm³/mol. The smallest absolute Gasteiger partial charge is 0.303 e. The summed E-state index contributed by atoms with van der Waals surface area (Å²) < 4.78 is 15.9. The van der Waals surface area contributed by atoms with Crippen molar-refractivity contribution >= 4 is 11.9 Å². The molecule has 9 nitrogen and oxygen atoms in total. The molecule has 0 aromatic heterocycles. The zero-order valence-electron chi connectivity index (χ0n) is 11.6. The molecule has 1 N–H and O–H groups in total. The Balaban J connectivity index is 2.91. The van der Waals surface area contributed by atoms with Crippen LogP contribution in [0.1, 0.15) is 20.3 Å². The van der Waals surface area contributed by atoms with Crippen molar-refractivity contribution in [1.29, 1.82) is 0 Å². The number of nitrogens with one attached hydrogen (secondary N) is 1. The number of azide groups is 1. The molecule has 0 aromatic carbocycles. The maximum absolute atomic E-state index is 11.2. The maximum Gasteiger partial charge on any atom is 0.303 e. The van der Waals surface area contributed by atoms with Crippen LogP contribution in [0.3, 0.4) is 0 Å². The number of amides is 1. The average Bonchev–Trinajstić information content (AvgIpc) is 2.37. The third kappa shape index (κ3) is 4.69. The molecule has 0 aromatic rings. The van der Waals surface area contributed by atoms with Crippen LogP contribution in [-0.4, -0.2) is 50.1 Å². The molecule has 0 saturated carbocycles. The van der Waals surface area contributed by atoms with Crippen molar-refractivity contribution in [2.24, 2.45) is 5.11 Å². The SMILES string of the molecule is CO[C@H]1C[C@@H](NC(C)=O)[C@@H](OC(C)=O)[C@@H](CN=[N+]=[N-])O1. The fraction of sp³-hybridized carbons (Fsp3) is 0.818. The van der Waals surface area contributed by atoms with E-state index in [2.05, 4.69) is 15.3 Å². The summed E-state index contributed by atoms with van der Waals surface area (Å²) in [6.45, 7) is 2.60. The first-order chi connectivity index (χ1) is 9.47. The third-order valence-corrected chi connectivity index (χ3v) is 2.81. The molecule has 20 heavy (non-hydrogen) atoms. The highest BCUT2D eigenvalue weighted by Crippen LogP contribution is 2.24. The molecule has 0 aliphatic carbocycles. The molecule has 0 spiro atoms. The fourth-order valence-corrected chi connectivity index (χ4v) is 2.10. The van der Waals surface area contributed by atoms with Gasteiger partial charge in [0.05, 0.1) is 12.6 Å². The first-order valence-corrected chi connectivity index (χ1v) is 6.11. The molecule has 0 unspecified atom stereocenters. The van der Waals surface area contributed by atoms with Crippen LogP contribution in [0.25, 0.3) is 10.4 Å². The van der Waals surface area contributed by atoms with Gasteiger partial charge in [-0.2, -0.15) is 0 Å². The minimum atomic E-state index is -0.728. The Morgan fingerprint density at radius 1 is 1.50 bits per heavy atom. The summed E-state index contributed by atoms with van der Waals surface area (Å²) >= 11 is 0. The number of rotatable bonds is 5. The Labute approximate surface area is 116 Å². The molecular formula is C11H18N4O5. The van der Waals surface area contributed by atoms with E-state index in [0.29, 0.717) is 6.42 Å². The normalized spacial score (nSPS) is 29.1. The highest BCUT2D eigenvalue weighted by Gasteiger charge is 2.41. The first kappa shape index (κ1) is 16.2. The molecule has 9 heteroatoms. The van der Waals surface area contributed by atoms with Crippen LogP contribution in [-0.2, 0) is 23.8 Å². The Morgan fingerprint density at radius 2 is 2.20 bits per heavy atom. The Hall–Kier alpha value is -1.83. The average molecular weight is 286 g/mol. The molecule has 0 radical (unpaired) electrons. The van der Waals surface area contributed by atoms with E-state index < -0.39 is 30.5 Å². The number of methoxy groups -OCH3 is 1. The zero-order chi connectivity index (χ0) is 15.1. The van der Waals surface area contributed by atoms with Gasteiger partial charge in [0.2, 0.25) is 5.91 Å². The number of hydrogen-bond acceptors (Lipinski definition) is 6. The molecule has 1 saturated heterocycles. The largest absolute Gasteiger partial charge is 0.458 e. The summed E-state index contributed by atoms with van der Waals surface area (Å²) in [5.41, 5.74) is 8.39. The summed E-state index contributed by atoms with van der Waals surface area (Å²) in [5, 5.41) is 6.13. The Bertz CT molecular complexity index is 396. The van der Waals surface area contributed by atoms with Crippen molar-refractivity contribution in [3.05, 3.63) is 10.4 Å². The molecule has 0 bridgehead atoms. The maximum atomic E-state index is 11.2. The van der Waals surface area contributed by atoms with Gasteiger partial charge in [-0.05, 0) is 5.53 Å². The lowest BCUT2D eigenvalue weighted by Gasteiger charge is -2.40. The van der Waals surface area contributed by atoms with Crippen molar-refractivity contribution in [2.45, 2.75) is 44.8 Å². The summed E-state index contributed by atoms with van der Waals surface area (Å²) in [6.07, 6.45) is -1.64. The molecule has 1 rings (SSSR count). The van der Waals surface area contributed by atoms with E-state index in [-0.39, 0.29) is 12.5 Å². The van der Waals surface area contributed by atoms with Crippen molar-refractivity contribution < 1.29 is 23.8 Å². The van der Waals surface area contributed by atoms with Crippen LogP contribution in [0, 0.1) is 0 Å². The molecule has 112 valence electrons. The monoisotopic (exact) mass is 286 g/mol. The minimum absolute atomic E-state index is 0.0234. The minimum Gasteiger partial charge on any atom is -0.458 e. The molecule has 1 heterocycles. The lowest BCUT2D eigenvalue weighted by molar-refractivity contribution is -0.225. The van der Waals surface area contributed by atoms with Gasteiger partial charge >= 0.3 is 5.97 Å². The Morgan fingerprint density at radius 3 is 2.70 bits per heavy atom. The second kappa shape index (κ2) is 7.68. The van der Waals surface area contributed by atoms with E-state index in [0.717, 1.165) is 0 Å². The van der Waals surface area contributed by atoms with E-state index in [4.69, 9.17) is 19.7 Å². The van der Waals surface area contributed by atoms with Gasteiger partial charge in [-0.1, -0.05) is 5.11 Å². The topological polar surface area (TPSA) is 123 Å². The Kier molecular flexibility index (Phi) is 6.23. The van der Waals surface area contributed by atoms with Gasteiger partial charge in [-0.3, -0.25) is 9.59 Å². The van der Waals surface area contributed by atoms with Crippen LogP contribution in [0.2, 0.25) is 0 Å². The summed E-state index contributed by atoms with van der Waals surface area (Å²) in [7, 11) is 1.46. The van der Waals surface area contributed by atoms with E-state index in [1.54, 1.807) is 0 Å². The lowest BCUT2D eigenvalue weighted by atomic mass is 9.98. The number of hydrogen-bond donors (Lipinski definition) is 1. The van der Waals surface area contributed by atoms with Gasteiger partial charge in [-0.25, -0.2) is 0 Å². The number of nitrogens with zero attached hydrogens (tertiary/aromatic N) is 3. The molecule has 1 aliphatic heterocycles. The second-order valence-corrected chi connectivity index (χ2v) is 4.37. The van der Waals surface area contributed by atoms with Gasteiger partial charge in [0.1, 0.15) is 12.2 Å². The molecule has 4 atom stereocenters. The van der Waals surface area contributed by atoms with Crippen molar-refractivity contribution in [3.63, 3.8) is 0 Å². The van der Waals surface area contributed by atoms with Crippen LogP contribution in [0.15, 0.2) is 5.11 Å². The van der Waals surface area contributed by atoms with Gasteiger partial charge in [0, 0.05) is 32.3 Å². The van der Waals surface area contributed by atoms with Crippen molar-refractivity contribution in [2.75, 3.05) is 13.7 Å². The van der Waals surface area contributed by atoms with E-state index in [9.17, 15) is 9.59 Å². The fourth-order valence-electron chi connectivity index (χ4n) is 2.10. The number of carbonyl (C=O) groups excluding carboxylic acids is 2. The van der Waals surface area contributed by atoms with Crippen LogP contribution in [0.4, 0.5) is 0 Å². The number of ether oxygens (including phenoxy) is 3. The van der Waals surface area contributed by atoms with E-state index in [1.807, 2.05) is 0 Å². The highest BCUT2D eigenvalue weighted by molar-refractivity contribution is 5.73. The number of carbonyl (C=O) groups is 2. The van der Waals surface area contributed by atoms with Crippen LogP contribution < -0.4 is 5.32 Å². The summed E-state index contributed by atoms with van der Waals surface area (Å²) in [6, 6.07) is -0.464. The summed E-state index contributed by atoms with van der Waals surface area (Å²) in [5.74, 6) is -0.762. The quantitative estimate of drug-likeness (QED) is 0.341. The number of esters is 1. The van der Waals surface area contributed by atoms with Gasteiger partial charge in [0.25, 0.3) is 0 Å². The van der Waals surface area contributed by atoms with Gasteiger partial charge < -0.3 is 19.5 Å². The predicted octanol–water partition coefficient (Wildman–Crippen LogP) is 0.494. The standard InChI is InChI=1S/C11H18N4O5/c1-6(16)14-8-4-10(18-3)20-9(5-13-15-12)11(8)19-7(2)17/h8-11H,4-5H2,1-3H3,(H,14,16)/t8-,9-,10-,11-/m1/s1. The van der Waals surface area contributed by atoms with E-state index >= 15 is 0 Å². The van der Waals surface area contributed by atoms with Crippen molar-refractivity contribution in [3.8, 4) is 0 Å². The van der Waals surface area contributed by atoms with Crippen LogP contribution >= 0.6 is 0 Å². The van der Waals surface area contributed by atoms with E-state index in [1.165, 1.54) is 21.0 Å². The van der Waals surface area contributed by atoms with Gasteiger partial charge in [-0.15, -0.1) is 0 Å².